The molecule has 0 saturated heterocycles. The average Bonchev–Trinajstić information content (AvgIpc) is 2.71. The minimum absolute atomic E-state index is 0.181. The van der Waals surface area contributed by atoms with Crippen LogP contribution in [0.2, 0.25) is 0 Å². The summed E-state index contributed by atoms with van der Waals surface area (Å²) in [4.78, 5) is 4.52. The lowest BCUT2D eigenvalue weighted by Gasteiger charge is -2.39. The first-order valence-corrected chi connectivity index (χ1v) is 6.80. The predicted octanol–water partition coefficient (Wildman–Crippen LogP) is 3.16. The third-order valence-electron chi connectivity index (χ3n) is 3.35. The molecule has 1 aromatic heterocycles. The minimum atomic E-state index is 0.181. The Labute approximate surface area is 96.1 Å². The van der Waals surface area contributed by atoms with Crippen molar-refractivity contribution in [2.75, 3.05) is 6.54 Å². The van der Waals surface area contributed by atoms with Crippen LogP contribution >= 0.6 is 11.3 Å². The predicted molar refractivity (Wildman–Crippen MR) is 65.1 cm³/mol. The molecule has 1 aliphatic rings. The Hall–Kier alpha value is -0.410. The van der Waals surface area contributed by atoms with Crippen molar-refractivity contribution >= 4 is 11.3 Å². The van der Waals surface area contributed by atoms with Crippen LogP contribution in [0.1, 0.15) is 44.5 Å². The summed E-state index contributed by atoms with van der Waals surface area (Å²) in [5, 5.41) is 7.06. The minimum Gasteiger partial charge on any atom is -0.306 e. The van der Waals surface area contributed by atoms with Crippen molar-refractivity contribution in [1.29, 1.82) is 0 Å². The smallest absolute Gasteiger partial charge is 0.113 e. The van der Waals surface area contributed by atoms with Gasteiger partial charge in [0.1, 0.15) is 5.01 Å². The second-order valence-corrected chi connectivity index (χ2v) is 5.55. The highest BCUT2D eigenvalue weighted by Gasteiger charge is 2.37. The Kier molecular flexibility index (Phi) is 3.42. The molecule has 1 aromatic rings. The molecule has 1 aliphatic carbocycles. The zero-order valence-corrected chi connectivity index (χ0v) is 10.4. The molecule has 0 bridgehead atoms. The van der Waals surface area contributed by atoms with Gasteiger partial charge in [0.05, 0.1) is 5.54 Å². The van der Waals surface area contributed by atoms with Gasteiger partial charge >= 0.3 is 0 Å². The van der Waals surface area contributed by atoms with Crippen LogP contribution in [0.25, 0.3) is 0 Å². The normalized spacial score (nSPS) is 31.7. The maximum absolute atomic E-state index is 4.52. The van der Waals surface area contributed by atoms with E-state index in [-0.39, 0.29) is 5.54 Å². The zero-order valence-electron chi connectivity index (χ0n) is 9.62. The van der Waals surface area contributed by atoms with Crippen LogP contribution < -0.4 is 5.32 Å². The van der Waals surface area contributed by atoms with Crippen LogP contribution in [0.3, 0.4) is 0 Å². The van der Waals surface area contributed by atoms with E-state index in [1.807, 2.05) is 6.20 Å². The fourth-order valence-electron chi connectivity index (χ4n) is 2.78. The highest BCUT2D eigenvalue weighted by molar-refractivity contribution is 7.09. The summed E-state index contributed by atoms with van der Waals surface area (Å²) in [5.41, 5.74) is 0.181. The number of rotatable bonds is 3. The van der Waals surface area contributed by atoms with Gasteiger partial charge in [-0.1, -0.05) is 26.7 Å². The Balaban J connectivity index is 2.23. The summed E-state index contributed by atoms with van der Waals surface area (Å²) in [5.74, 6) is 0.821. The second-order valence-electron chi connectivity index (χ2n) is 4.65. The quantitative estimate of drug-likeness (QED) is 0.853. The molecule has 1 saturated carbocycles. The first kappa shape index (κ1) is 11.1. The van der Waals surface area contributed by atoms with E-state index in [9.17, 15) is 0 Å². The Bertz CT molecular complexity index is 293. The van der Waals surface area contributed by atoms with Gasteiger partial charge in [0.25, 0.3) is 0 Å². The van der Waals surface area contributed by atoms with Crippen LogP contribution in [0.15, 0.2) is 11.6 Å². The highest BCUT2D eigenvalue weighted by Crippen LogP contribution is 2.40. The molecule has 1 fully saturated rings. The van der Waals surface area contributed by atoms with E-state index in [2.05, 4.69) is 29.5 Å². The first-order chi connectivity index (χ1) is 7.27. The molecule has 2 rings (SSSR count). The largest absolute Gasteiger partial charge is 0.306 e. The highest BCUT2D eigenvalue weighted by atomic mass is 32.1. The van der Waals surface area contributed by atoms with E-state index in [1.54, 1.807) is 11.3 Å². The SMILES string of the molecule is CCNC1(c2nccs2)CCCC(C)C1. The number of thiazole rings is 1. The average molecular weight is 224 g/mol. The van der Waals surface area contributed by atoms with Gasteiger partial charge in [0.15, 0.2) is 0 Å². The molecule has 0 spiro atoms. The molecule has 1 N–H and O–H groups in total. The van der Waals surface area contributed by atoms with Gasteiger partial charge in [-0.25, -0.2) is 4.98 Å². The lowest BCUT2D eigenvalue weighted by Crippen LogP contribution is -2.45. The van der Waals surface area contributed by atoms with Crippen LogP contribution in [-0.2, 0) is 5.54 Å². The van der Waals surface area contributed by atoms with Crippen molar-refractivity contribution < 1.29 is 0 Å². The van der Waals surface area contributed by atoms with Crippen molar-refractivity contribution in [2.24, 2.45) is 5.92 Å². The van der Waals surface area contributed by atoms with Gasteiger partial charge in [-0.15, -0.1) is 11.3 Å². The molecule has 2 nitrogen and oxygen atoms in total. The first-order valence-electron chi connectivity index (χ1n) is 5.92. The van der Waals surface area contributed by atoms with E-state index in [1.165, 1.54) is 30.7 Å². The van der Waals surface area contributed by atoms with E-state index in [0.717, 1.165) is 12.5 Å². The molecule has 2 unspecified atom stereocenters. The fourth-order valence-corrected chi connectivity index (χ4v) is 3.64. The summed E-state index contributed by atoms with van der Waals surface area (Å²) in [6.07, 6.45) is 7.12. The van der Waals surface area contributed by atoms with Gasteiger partial charge in [-0.05, 0) is 25.3 Å². The molecule has 15 heavy (non-hydrogen) atoms. The topological polar surface area (TPSA) is 24.9 Å². The molecule has 1 heterocycles. The van der Waals surface area contributed by atoms with E-state index in [0.29, 0.717) is 0 Å². The van der Waals surface area contributed by atoms with E-state index < -0.39 is 0 Å². The van der Waals surface area contributed by atoms with Gasteiger partial charge in [0, 0.05) is 11.6 Å². The summed E-state index contributed by atoms with van der Waals surface area (Å²) < 4.78 is 0. The van der Waals surface area contributed by atoms with Gasteiger partial charge in [-0.2, -0.15) is 0 Å². The molecular formula is C12H20N2S. The third kappa shape index (κ3) is 2.23. The van der Waals surface area contributed by atoms with Crippen LogP contribution in [-0.4, -0.2) is 11.5 Å². The van der Waals surface area contributed by atoms with Crippen LogP contribution in [0.5, 0.6) is 0 Å². The molecule has 0 radical (unpaired) electrons. The summed E-state index contributed by atoms with van der Waals surface area (Å²) >= 11 is 1.80. The number of nitrogens with one attached hydrogen (secondary N) is 1. The summed E-state index contributed by atoms with van der Waals surface area (Å²) in [6.45, 7) is 5.58. The lowest BCUT2D eigenvalue weighted by atomic mass is 9.76. The number of nitrogens with zero attached hydrogens (tertiary/aromatic N) is 1. The van der Waals surface area contributed by atoms with Gasteiger partial charge in [-0.3, -0.25) is 0 Å². The molecule has 0 aromatic carbocycles. The van der Waals surface area contributed by atoms with Crippen molar-refractivity contribution in [3.63, 3.8) is 0 Å². The van der Waals surface area contributed by atoms with Gasteiger partial charge < -0.3 is 5.32 Å². The second kappa shape index (κ2) is 4.62. The van der Waals surface area contributed by atoms with E-state index in [4.69, 9.17) is 0 Å². The molecule has 84 valence electrons. The Morgan fingerprint density at radius 3 is 3.13 bits per heavy atom. The van der Waals surface area contributed by atoms with Crippen LogP contribution in [0, 0.1) is 5.92 Å². The van der Waals surface area contributed by atoms with Crippen molar-refractivity contribution in [3.05, 3.63) is 16.6 Å². The number of aromatic nitrogens is 1. The lowest BCUT2D eigenvalue weighted by molar-refractivity contribution is 0.190. The van der Waals surface area contributed by atoms with Crippen molar-refractivity contribution in [1.82, 2.24) is 10.3 Å². The molecular weight excluding hydrogens is 204 g/mol. The monoisotopic (exact) mass is 224 g/mol. The van der Waals surface area contributed by atoms with Crippen LogP contribution in [0.4, 0.5) is 0 Å². The number of hydrogen-bond donors (Lipinski definition) is 1. The Morgan fingerprint density at radius 2 is 2.53 bits per heavy atom. The standard InChI is InChI=1S/C12H20N2S/c1-3-14-12(11-13-7-8-15-11)6-4-5-10(2)9-12/h7-8,10,14H,3-6,9H2,1-2H3. The zero-order chi connectivity index (χ0) is 10.7. The fraction of sp³-hybridized carbons (Fsp3) is 0.750. The molecule has 0 amide bonds. The third-order valence-corrected chi connectivity index (χ3v) is 4.33. The maximum Gasteiger partial charge on any atom is 0.113 e. The van der Waals surface area contributed by atoms with Crippen molar-refractivity contribution in [2.45, 2.75) is 45.1 Å². The molecule has 0 aliphatic heterocycles. The van der Waals surface area contributed by atoms with Crippen molar-refractivity contribution in [3.8, 4) is 0 Å². The number of hydrogen-bond acceptors (Lipinski definition) is 3. The van der Waals surface area contributed by atoms with E-state index >= 15 is 0 Å². The molecule has 2 atom stereocenters. The summed E-state index contributed by atoms with van der Waals surface area (Å²) in [6, 6.07) is 0. The summed E-state index contributed by atoms with van der Waals surface area (Å²) in [7, 11) is 0. The molecule has 3 heteroatoms. The Morgan fingerprint density at radius 1 is 1.67 bits per heavy atom. The maximum atomic E-state index is 4.52. The van der Waals surface area contributed by atoms with Gasteiger partial charge in [0.2, 0.25) is 0 Å².